The van der Waals surface area contributed by atoms with Crippen LogP contribution < -0.4 is 4.90 Å². The van der Waals surface area contributed by atoms with Crippen molar-refractivity contribution in [3.8, 4) is 0 Å². The number of carbonyl (C=O) groups excluding carboxylic acids is 1. The molecule has 0 spiro atoms. The van der Waals surface area contributed by atoms with Crippen molar-refractivity contribution in [2.24, 2.45) is 5.92 Å². The van der Waals surface area contributed by atoms with Gasteiger partial charge in [0.25, 0.3) is 5.91 Å². The predicted molar refractivity (Wildman–Crippen MR) is 109 cm³/mol. The molecule has 5 nitrogen and oxygen atoms in total. The van der Waals surface area contributed by atoms with Gasteiger partial charge in [0.2, 0.25) is 0 Å². The molecule has 0 unspecified atom stereocenters. The van der Waals surface area contributed by atoms with Crippen LogP contribution in [0.15, 0.2) is 53.0 Å². The molecule has 0 aromatic heterocycles. The Bertz CT molecular complexity index is 814. The van der Waals surface area contributed by atoms with Crippen LogP contribution in [0.1, 0.15) is 28.8 Å². The minimum absolute atomic E-state index is 0.0184. The lowest BCUT2D eigenvalue weighted by Gasteiger charge is -2.32. The molecule has 1 amide bonds. The minimum atomic E-state index is -0.698. The molecule has 2 aromatic carbocycles. The van der Waals surface area contributed by atoms with Gasteiger partial charge in [-0.05, 0) is 54.8 Å². The zero-order valence-electron chi connectivity index (χ0n) is 15.3. The van der Waals surface area contributed by atoms with Gasteiger partial charge >= 0.3 is 5.97 Å². The Morgan fingerprint density at radius 1 is 1.15 bits per heavy atom. The van der Waals surface area contributed by atoms with Crippen LogP contribution in [0, 0.1) is 5.92 Å². The Morgan fingerprint density at radius 2 is 1.81 bits per heavy atom. The van der Waals surface area contributed by atoms with Crippen LogP contribution in [0.4, 0.5) is 5.69 Å². The van der Waals surface area contributed by atoms with Crippen LogP contribution >= 0.6 is 15.9 Å². The molecule has 3 rings (SSSR count). The number of rotatable bonds is 5. The van der Waals surface area contributed by atoms with E-state index in [-0.39, 0.29) is 11.8 Å². The quantitative estimate of drug-likeness (QED) is 0.777. The first-order chi connectivity index (χ1) is 12.9. The maximum Gasteiger partial charge on any atom is 0.306 e. The largest absolute Gasteiger partial charge is 0.481 e. The molecule has 1 N–H and O–H groups in total. The van der Waals surface area contributed by atoms with Crippen molar-refractivity contribution in [1.82, 2.24) is 4.90 Å². The molecule has 1 aliphatic rings. The van der Waals surface area contributed by atoms with E-state index in [1.54, 1.807) is 11.9 Å². The summed E-state index contributed by atoms with van der Waals surface area (Å²) in [6.45, 7) is 2.01. The van der Waals surface area contributed by atoms with E-state index in [0.717, 1.165) is 28.8 Å². The summed E-state index contributed by atoms with van der Waals surface area (Å²) >= 11 is 3.38. The van der Waals surface area contributed by atoms with Gasteiger partial charge in [-0.25, -0.2) is 0 Å². The van der Waals surface area contributed by atoms with Crippen LogP contribution in [0.25, 0.3) is 0 Å². The van der Waals surface area contributed by atoms with Crippen molar-refractivity contribution in [2.45, 2.75) is 19.4 Å². The van der Waals surface area contributed by atoms with Crippen LogP contribution in [0.2, 0.25) is 0 Å². The number of aliphatic carboxylic acids is 1. The van der Waals surface area contributed by atoms with E-state index in [1.807, 2.05) is 42.5 Å². The first-order valence-electron chi connectivity index (χ1n) is 9.02. The van der Waals surface area contributed by atoms with Gasteiger partial charge in [0.1, 0.15) is 0 Å². The summed E-state index contributed by atoms with van der Waals surface area (Å²) in [6.07, 6.45) is 1.34. The van der Waals surface area contributed by atoms with Gasteiger partial charge in [0, 0.05) is 42.4 Å². The Labute approximate surface area is 167 Å². The number of nitrogens with zero attached hydrogens (tertiary/aromatic N) is 2. The number of amides is 1. The lowest BCUT2D eigenvalue weighted by Crippen LogP contribution is -2.36. The van der Waals surface area contributed by atoms with Crippen LogP contribution in [-0.4, -0.2) is 42.0 Å². The second-order valence-electron chi connectivity index (χ2n) is 6.94. The number of benzene rings is 2. The Morgan fingerprint density at radius 3 is 2.44 bits per heavy atom. The van der Waals surface area contributed by atoms with Gasteiger partial charge in [0.15, 0.2) is 0 Å². The zero-order valence-corrected chi connectivity index (χ0v) is 16.9. The van der Waals surface area contributed by atoms with Gasteiger partial charge in [-0.15, -0.1) is 0 Å². The normalized spacial score (nSPS) is 14.8. The maximum atomic E-state index is 12.6. The van der Waals surface area contributed by atoms with Crippen LogP contribution in [0.3, 0.4) is 0 Å². The van der Waals surface area contributed by atoms with E-state index in [9.17, 15) is 9.59 Å². The summed E-state index contributed by atoms with van der Waals surface area (Å²) in [5.41, 5.74) is 2.80. The SMILES string of the molecule is CN(Cc1cccc(N2CCC(C(=O)O)CC2)c1)C(=O)c1ccc(Br)cc1. The monoisotopic (exact) mass is 430 g/mol. The van der Waals surface area contributed by atoms with E-state index >= 15 is 0 Å². The van der Waals surface area contributed by atoms with Gasteiger partial charge in [-0.2, -0.15) is 0 Å². The fourth-order valence-electron chi connectivity index (χ4n) is 3.39. The van der Waals surface area contributed by atoms with Gasteiger partial charge in [-0.1, -0.05) is 28.1 Å². The van der Waals surface area contributed by atoms with Crippen molar-refractivity contribution in [3.05, 3.63) is 64.1 Å². The second-order valence-corrected chi connectivity index (χ2v) is 7.85. The van der Waals surface area contributed by atoms with Crippen LogP contribution in [-0.2, 0) is 11.3 Å². The third-order valence-corrected chi connectivity index (χ3v) is 5.51. The molecule has 0 saturated carbocycles. The average Bonchev–Trinajstić information content (AvgIpc) is 2.68. The summed E-state index contributed by atoms with van der Waals surface area (Å²) < 4.78 is 0.945. The third kappa shape index (κ3) is 4.89. The summed E-state index contributed by atoms with van der Waals surface area (Å²) in [4.78, 5) is 27.6. The molecule has 1 saturated heterocycles. The number of hydrogen-bond donors (Lipinski definition) is 1. The highest BCUT2D eigenvalue weighted by Crippen LogP contribution is 2.24. The van der Waals surface area contributed by atoms with E-state index < -0.39 is 5.97 Å². The lowest BCUT2D eigenvalue weighted by molar-refractivity contribution is -0.142. The van der Waals surface area contributed by atoms with Crippen molar-refractivity contribution in [1.29, 1.82) is 0 Å². The first-order valence-corrected chi connectivity index (χ1v) is 9.81. The standard InChI is InChI=1S/C21H23BrN2O3/c1-23(20(25)16-5-7-18(22)8-6-16)14-15-3-2-4-19(13-15)24-11-9-17(10-12-24)21(26)27/h2-8,13,17H,9-12,14H2,1H3,(H,26,27). The van der Waals surface area contributed by atoms with E-state index in [2.05, 4.69) is 26.9 Å². The highest BCUT2D eigenvalue weighted by molar-refractivity contribution is 9.10. The molecule has 2 aromatic rings. The molecule has 6 heteroatoms. The molecular formula is C21H23BrN2O3. The van der Waals surface area contributed by atoms with Crippen molar-refractivity contribution in [3.63, 3.8) is 0 Å². The van der Waals surface area contributed by atoms with Gasteiger partial charge < -0.3 is 14.9 Å². The summed E-state index contributed by atoms with van der Waals surface area (Å²) in [7, 11) is 1.80. The number of piperidine rings is 1. The number of halogens is 1. The smallest absolute Gasteiger partial charge is 0.306 e. The fourth-order valence-corrected chi connectivity index (χ4v) is 3.66. The minimum Gasteiger partial charge on any atom is -0.481 e. The lowest BCUT2D eigenvalue weighted by atomic mass is 9.96. The molecule has 1 heterocycles. The number of carbonyl (C=O) groups is 2. The molecule has 0 atom stereocenters. The molecule has 1 aliphatic heterocycles. The molecule has 142 valence electrons. The topological polar surface area (TPSA) is 60.9 Å². The molecule has 1 fully saturated rings. The Balaban J connectivity index is 1.64. The molecule has 27 heavy (non-hydrogen) atoms. The highest BCUT2D eigenvalue weighted by atomic mass is 79.9. The fraction of sp³-hybridized carbons (Fsp3) is 0.333. The van der Waals surface area contributed by atoms with Crippen molar-refractivity contribution in [2.75, 3.05) is 25.0 Å². The van der Waals surface area contributed by atoms with Gasteiger partial charge in [-0.3, -0.25) is 9.59 Å². The van der Waals surface area contributed by atoms with E-state index in [4.69, 9.17) is 5.11 Å². The van der Waals surface area contributed by atoms with Crippen LogP contribution in [0.5, 0.6) is 0 Å². The van der Waals surface area contributed by atoms with E-state index in [1.165, 1.54) is 0 Å². The molecule has 0 radical (unpaired) electrons. The molecule has 0 bridgehead atoms. The molecule has 0 aliphatic carbocycles. The average molecular weight is 431 g/mol. The summed E-state index contributed by atoms with van der Waals surface area (Å²) in [6, 6.07) is 15.5. The maximum absolute atomic E-state index is 12.6. The van der Waals surface area contributed by atoms with Gasteiger partial charge in [0.05, 0.1) is 5.92 Å². The number of carboxylic acid groups (broad SMARTS) is 1. The number of carboxylic acids is 1. The Hall–Kier alpha value is -2.34. The van der Waals surface area contributed by atoms with Crippen molar-refractivity contribution < 1.29 is 14.7 Å². The number of anilines is 1. The first kappa shape index (κ1) is 19.4. The second kappa shape index (κ2) is 8.57. The molecular weight excluding hydrogens is 408 g/mol. The van der Waals surface area contributed by atoms with Crippen molar-refractivity contribution >= 4 is 33.5 Å². The number of hydrogen-bond acceptors (Lipinski definition) is 3. The highest BCUT2D eigenvalue weighted by Gasteiger charge is 2.24. The Kier molecular flexibility index (Phi) is 6.16. The summed E-state index contributed by atoms with van der Waals surface area (Å²) in [5, 5.41) is 9.14. The predicted octanol–water partition coefficient (Wildman–Crippen LogP) is 4.02. The zero-order chi connectivity index (χ0) is 19.4. The third-order valence-electron chi connectivity index (χ3n) is 4.98. The summed E-state index contributed by atoms with van der Waals surface area (Å²) in [5.74, 6) is -0.953. The van der Waals surface area contributed by atoms with E-state index in [0.29, 0.717) is 24.9 Å².